The molecule has 0 amide bonds. The van der Waals surface area contributed by atoms with Gasteiger partial charge in [-0.3, -0.25) is 4.79 Å². The van der Waals surface area contributed by atoms with E-state index in [4.69, 9.17) is 20.6 Å². The highest BCUT2D eigenvalue weighted by Crippen LogP contribution is 2.46. The highest BCUT2D eigenvalue weighted by molar-refractivity contribution is 5.92. The zero-order valence-corrected chi connectivity index (χ0v) is 20.4. The average molecular weight is 467 g/mol. The van der Waals surface area contributed by atoms with Crippen LogP contribution in [0.1, 0.15) is 80.9 Å². The van der Waals surface area contributed by atoms with Crippen LogP contribution in [-0.2, 0) is 21.4 Å². The molecule has 0 N–H and O–H groups in total. The van der Waals surface area contributed by atoms with Gasteiger partial charge in [0.25, 0.3) is 0 Å². The zero-order valence-electron chi connectivity index (χ0n) is 20.4. The molecule has 0 saturated heterocycles. The minimum atomic E-state index is -0.661. The molecule has 2 aromatic rings. The van der Waals surface area contributed by atoms with Crippen LogP contribution in [0.3, 0.4) is 0 Å². The Morgan fingerprint density at radius 3 is 2.56 bits per heavy atom. The molecule has 5 nitrogen and oxygen atoms in total. The summed E-state index contributed by atoms with van der Waals surface area (Å²) in [6, 6.07) is 7.23. The number of esters is 2. The number of fused-ring (bicyclic) bond motifs is 1. The topological polar surface area (TPSA) is 61.8 Å². The Hall–Kier alpha value is -3.33. The third kappa shape index (κ3) is 5.77. The van der Waals surface area contributed by atoms with Crippen LogP contribution in [0.15, 0.2) is 30.3 Å². The first-order valence-corrected chi connectivity index (χ1v) is 11.5. The summed E-state index contributed by atoms with van der Waals surface area (Å²) >= 11 is 0. The third-order valence-corrected chi connectivity index (χ3v) is 5.79. The molecule has 2 aromatic carbocycles. The summed E-state index contributed by atoms with van der Waals surface area (Å²) in [4.78, 5) is 24.8. The number of hydrogen-bond donors (Lipinski definition) is 0. The highest BCUT2D eigenvalue weighted by Gasteiger charge is 2.40. The average Bonchev–Trinajstić information content (AvgIpc) is 2.74. The summed E-state index contributed by atoms with van der Waals surface area (Å²) in [7, 11) is 0. The lowest BCUT2D eigenvalue weighted by molar-refractivity contribution is -0.143. The van der Waals surface area contributed by atoms with E-state index in [9.17, 15) is 14.0 Å². The Morgan fingerprint density at radius 1 is 1.18 bits per heavy atom. The van der Waals surface area contributed by atoms with Crippen molar-refractivity contribution in [2.24, 2.45) is 0 Å². The summed E-state index contributed by atoms with van der Waals surface area (Å²) < 4.78 is 31.2. The molecule has 3 rings (SSSR count). The fourth-order valence-electron chi connectivity index (χ4n) is 4.38. The number of hydrogen-bond acceptors (Lipinski definition) is 5. The lowest BCUT2D eigenvalue weighted by Crippen LogP contribution is -2.41. The Morgan fingerprint density at radius 2 is 1.91 bits per heavy atom. The van der Waals surface area contributed by atoms with Crippen LogP contribution in [0.2, 0.25) is 0 Å². The Kier molecular flexibility index (Phi) is 7.35. The fourth-order valence-corrected chi connectivity index (χ4v) is 4.38. The van der Waals surface area contributed by atoms with Crippen molar-refractivity contribution >= 4 is 11.9 Å². The molecule has 1 aliphatic rings. The van der Waals surface area contributed by atoms with E-state index in [1.165, 1.54) is 12.1 Å². The number of rotatable bonds is 7. The summed E-state index contributed by atoms with van der Waals surface area (Å²) in [6.45, 7) is 10.5. The van der Waals surface area contributed by atoms with E-state index in [2.05, 4.69) is 19.8 Å². The van der Waals surface area contributed by atoms with Gasteiger partial charge in [-0.2, -0.15) is 0 Å². The molecule has 0 spiro atoms. The van der Waals surface area contributed by atoms with E-state index < -0.39 is 23.4 Å². The maximum atomic E-state index is 14.5. The second kappa shape index (κ2) is 9.89. The van der Waals surface area contributed by atoms with Crippen molar-refractivity contribution < 1.29 is 28.2 Å². The van der Waals surface area contributed by atoms with Crippen LogP contribution in [0.4, 0.5) is 4.39 Å². The van der Waals surface area contributed by atoms with E-state index in [0.717, 1.165) is 30.9 Å². The van der Waals surface area contributed by atoms with Gasteiger partial charge in [0.15, 0.2) is 0 Å². The van der Waals surface area contributed by atoms with Crippen LogP contribution >= 0.6 is 0 Å². The van der Waals surface area contributed by atoms with E-state index in [0.29, 0.717) is 17.9 Å². The van der Waals surface area contributed by atoms with Crippen LogP contribution in [0, 0.1) is 18.2 Å². The van der Waals surface area contributed by atoms with Gasteiger partial charge in [-0.25, -0.2) is 9.18 Å². The molecule has 180 valence electrons. The molecule has 6 heteroatoms. The van der Waals surface area contributed by atoms with E-state index in [-0.39, 0.29) is 28.7 Å². The van der Waals surface area contributed by atoms with E-state index in [1.54, 1.807) is 12.1 Å². The molecule has 0 aromatic heterocycles. The quantitative estimate of drug-likeness (QED) is 0.225. The van der Waals surface area contributed by atoms with Crippen molar-refractivity contribution in [3.63, 3.8) is 0 Å². The van der Waals surface area contributed by atoms with Gasteiger partial charge < -0.3 is 14.2 Å². The number of ether oxygens (including phenoxy) is 3. The number of terminal acetylenes is 1. The largest absolute Gasteiger partial charge is 0.486 e. The first kappa shape index (κ1) is 25.3. The number of unbranched alkanes of at least 4 members (excludes halogenated alkanes) is 1. The van der Waals surface area contributed by atoms with Crippen molar-refractivity contribution in [1.29, 1.82) is 0 Å². The smallest absolute Gasteiger partial charge is 0.343 e. The summed E-state index contributed by atoms with van der Waals surface area (Å²) in [6.07, 6.45) is 7.93. The van der Waals surface area contributed by atoms with Crippen molar-refractivity contribution in [3.8, 4) is 23.8 Å². The van der Waals surface area contributed by atoms with Gasteiger partial charge in [0, 0.05) is 11.6 Å². The van der Waals surface area contributed by atoms with E-state index >= 15 is 0 Å². The van der Waals surface area contributed by atoms with Gasteiger partial charge >= 0.3 is 11.9 Å². The van der Waals surface area contributed by atoms with Crippen LogP contribution in [0.5, 0.6) is 11.5 Å². The zero-order chi connectivity index (χ0) is 25.1. The van der Waals surface area contributed by atoms with Crippen molar-refractivity contribution in [2.75, 3.05) is 6.61 Å². The monoisotopic (exact) mass is 466 g/mol. The lowest BCUT2D eigenvalue weighted by atomic mass is 9.72. The van der Waals surface area contributed by atoms with Gasteiger partial charge in [-0.1, -0.05) is 39.2 Å². The summed E-state index contributed by atoms with van der Waals surface area (Å²) in [5.41, 5.74) is 1.05. The molecular weight excluding hydrogens is 435 g/mol. The summed E-state index contributed by atoms with van der Waals surface area (Å²) in [5.74, 6) is 1.43. The van der Waals surface area contributed by atoms with Gasteiger partial charge in [0.05, 0.1) is 24.2 Å². The maximum absolute atomic E-state index is 14.5. The first-order valence-electron chi connectivity index (χ1n) is 11.5. The lowest BCUT2D eigenvalue weighted by Gasteiger charge is -2.43. The molecule has 0 radical (unpaired) electrons. The van der Waals surface area contributed by atoms with Crippen molar-refractivity contribution in [1.82, 2.24) is 0 Å². The molecule has 0 atom stereocenters. The molecule has 1 aliphatic heterocycles. The second-order valence-electron chi connectivity index (χ2n) is 9.86. The van der Waals surface area contributed by atoms with Gasteiger partial charge in [0.1, 0.15) is 22.9 Å². The molecule has 0 saturated carbocycles. The molecule has 0 fully saturated rings. The maximum Gasteiger partial charge on any atom is 0.343 e. The first-order chi connectivity index (χ1) is 16.0. The predicted molar refractivity (Wildman–Crippen MR) is 128 cm³/mol. The molecule has 0 unspecified atom stereocenters. The minimum absolute atomic E-state index is 0.0298. The number of benzene rings is 2. The van der Waals surface area contributed by atoms with Gasteiger partial charge in [-0.15, -0.1) is 6.42 Å². The van der Waals surface area contributed by atoms with E-state index in [1.807, 2.05) is 20.8 Å². The normalized spacial score (nSPS) is 15.4. The number of carbonyl (C=O) groups is 2. The minimum Gasteiger partial charge on any atom is -0.486 e. The number of halogens is 1. The molecule has 0 bridgehead atoms. The van der Waals surface area contributed by atoms with Gasteiger partial charge in [0.2, 0.25) is 0 Å². The third-order valence-electron chi connectivity index (χ3n) is 5.79. The van der Waals surface area contributed by atoms with Crippen molar-refractivity contribution in [3.05, 3.63) is 58.4 Å². The summed E-state index contributed by atoms with van der Waals surface area (Å²) in [5, 5.41) is 0. The number of carbonyl (C=O) groups excluding carboxylic acids is 2. The molecule has 34 heavy (non-hydrogen) atoms. The highest BCUT2D eigenvalue weighted by atomic mass is 19.1. The standard InChI is InChI=1S/C28H31FO5/c1-7-9-12-32-24(30)15-19-10-11-21(16-23(19)29)33-26(31)20-13-18(8-2)25-22(14-20)27(3,4)17-28(5,6)34-25/h2,10-11,13-14,16H,7,9,12,15,17H2,1,3-6H3. The Labute approximate surface area is 200 Å². The van der Waals surface area contributed by atoms with Crippen LogP contribution in [0.25, 0.3) is 0 Å². The van der Waals surface area contributed by atoms with Crippen LogP contribution < -0.4 is 9.47 Å². The van der Waals surface area contributed by atoms with Crippen LogP contribution in [-0.4, -0.2) is 24.1 Å². The SMILES string of the molecule is C#Cc1cc(C(=O)Oc2ccc(CC(=O)OCCCC)c(F)c2)cc2c1OC(C)(C)CC2(C)C. The predicted octanol–water partition coefficient (Wildman–Crippen LogP) is 5.75. The molecular formula is C28H31FO5. The fraction of sp³-hybridized carbons (Fsp3) is 0.429. The Bertz CT molecular complexity index is 1140. The second-order valence-corrected chi connectivity index (χ2v) is 9.86. The molecule has 1 heterocycles. The molecule has 0 aliphatic carbocycles. The van der Waals surface area contributed by atoms with Crippen molar-refractivity contribution in [2.45, 2.75) is 71.3 Å². The Balaban J connectivity index is 1.79. The van der Waals surface area contributed by atoms with Gasteiger partial charge in [-0.05, 0) is 55.9 Å².